The number of carbonyl (C=O) groups is 1. The van der Waals surface area contributed by atoms with E-state index in [0.29, 0.717) is 16.0 Å². The Hall–Kier alpha value is -0.810. The largest absolute Gasteiger partial charge is 0.340 e. The minimum Gasteiger partial charge on any atom is -0.340 e. The van der Waals surface area contributed by atoms with Crippen molar-refractivity contribution in [3.05, 3.63) is 33.8 Å². The molecule has 1 N–H and O–H groups in total. The number of halogens is 2. The number of piperidine rings is 1. The third-order valence-corrected chi connectivity index (χ3v) is 7.26. The van der Waals surface area contributed by atoms with Gasteiger partial charge in [-0.3, -0.25) is 4.79 Å². The highest BCUT2D eigenvalue weighted by atomic mass is 35.5. The molecule has 1 aromatic carbocycles. The molecule has 2 atom stereocenters. The van der Waals surface area contributed by atoms with Crippen LogP contribution in [0.15, 0.2) is 18.2 Å². The van der Waals surface area contributed by atoms with Crippen LogP contribution in [0.4, 0.5) is 0 Å². The molecule has 148 valence electrons. The van der Waals surface area contributed by atoms with Crippen molar-refractivity contribution in [3.63, 3.8) is 0 Å². The van der Waals surface area contributed by atoms with E-state index in [1.165, 1.54) is 19.4 Å². The fraction of sp³-hybridized carbons (Fsp3) is 0.667. The second-order valence-corrected chi connectivity index (χ2v) is 9.25. The van der Waals surface area contributed by atoms with Gasteiger partial charge in [-0.2, -0.15) is 0 Å². The first-order chi connectivity index (χ1) is 13.0. The number of carbonyl (C=O) groups excluding carboxylic acids is 1. The van der Waals surface area contributed by atoms with Gasteiger partial charge >= 0.3 is 0 Å². The molecule has 0 unspecified atom stereocenters. The van der Waals surface area contributed by atoms with Crippen molar-refractivity contribution in [2.75, 3.05) is 39.8 Å². The molecule has 0 radical (unpaired) electrons. The molecule has 1 saturated carbocycles. The topological polar surface area (TPSA) is 35.6 Å². The van der Waals surface area contributed by atoms with Gasteiger partial charge in [-0.25, -0.2) is 0 Å². The first kappa shape index (κ1) is 19.5. The molecule has 0 spiro atoms. The van der Waals surface area contributed by atoms with Crippen LogP contribution in [0.5, 0.6) is 0 Å². The number of likely N-dealkylation sites (N-methyl/N-ethyl adjacent to an activating group) is 1. The van der Waals surface area contributed by atoms with Crippen molar-refractivity contribution < 1.29 is 4.79 Å². The average molecular weight is 410 g/mol. The zero-order valence-electron chi connectivity index (χ0n) is 16.0. The highest BCUT2D eigenvalue weighted by Gasteiger charge is 2.38. The van der Waals surface area contributed by atoms with Gasteiger partial charge in [0.25, 0.3) is 0 Å². The number of likely N-dealkylation sites (tertiary alicyclic amines) is 2. The van der Waals surface area contributed by atoms with E-state index in [4.69, 9.17) is 23.2 Å². The van der Waals surface area contributed by atoms with Gasteiger partial charge in [0.15, 0.2) is 0 Å². The molecule has 2 heterocycles. The number of hydrogen-bond donors (Lipinski definition) is 1. The normalized spacial score (nSPS) is 27.3. The summed E-state index contributed by atoms with van der Waals surface area (Å²) in [5.41, 5.74) is 1.15. The van der Waals surface area contributed by atoms with Crippen molar-refractivity contribution >= 4 is 29.1 Å². The Labute approximate surface area is 172 Å². The third kappa shape index (κ3) is 4.45. The summed E-state index contributed by atoms with van der Waals surface area (Å²) in [5, 5.41) is 4.55. The molecule has 27 heavy (non-hydrogen) atoms. The second kappa shape index (κ2) is 8.28. The van der Waals surface area contributed by atoms with Crippen molar-refractivity contribution in [1.82, 2.24) is 15.1 Å². The first-order valence-electron chi connectivity index (χ1n) is 10.2. The van der Waals surface area contributed by atoms with Gasteiger partial charge in [-0.05, 0) is 69.4 Å². The summed E-state index contributed by atoms with van der Waals surface area (Å²) in [6, 6.07) is 6.09. The van der Waals surface area contributed by atoms with Gasteiger partial charge in [0, 0.05) is 37.5 Å². The van der Waals surface area contributed by atoms with Crippen molar-refractivity contribution in [2.24, 2.45) is 11.8 Å². The summed E-state index contributed by atoms with van der Waals surface area (Å²) >= 11 is 12.3. The first-order valence-corrected chi connectivity index (χ1v) is 10.9. The molecule has 3 aliphatic rings. The van der Waals surface area contributed by atoms with E-state index in [0.717, 1.165) is 50.5 Å². The monoisotopic (exact) mass is 409 g/mol. The molecule has 6 heteroatoms. The molecule has 0 bridgehead atoms. The number of nitrogens with one attached hydrogen (secondary N) is 1. The van der Waals surface area contributed by atoms with Crippen molar-refractivity contribution in [1.29, 1.82) is 0 Å². The van der Waals surface area contributed by atoms with E-state index < -0.39 is 0 Å². The van der Waals surface area contributed by atoms with Gasteiger partial charge in [-0.1, -0.05) is 29.3 Å². The lowest BCUT2D eigenvalue weighted by molar-refractivity contribution is -0.136. The third-order valence-electron chi connectivity index (χ3n) is 6.52. The lowest BCUT2D eigenvalue weighted by Gasteiger charge is -2.33. The molecule has 3 fully saturated rings. The van der Waals surface area contributed by atoms with Crippen LogP contribution in [0.2, 0.25) is 10.0 Å². The maximum Gasteiger partial charge on any atom is 0.225 e. The van der Waals surface area contributed by atoms with Crippen LogP contribution in [0.1, 0.15) is 37.2 Å². The van der Waals surface area contributed by atoms with Crippen LogP contribution in [0, 0.1) is 11.8 Å². The Morgan fingerprint density at radius 2 is 1.85 bits per heavy atom. The maximum atomic E-state index is 13.1. The summed E-state index contributed by atoms with van der Waals surface area (Å²) < 4.78 is 0. The van der Waals surface area contributed by atoms with Gasteiger partial charge in [0.1, 0.15) is 0 Å². The van der Waals surface area contributed by atoms with Crippen LogP contribution < -0.4 is 5.32 Å². The molecular weight excluding hydrogens is 381 g/mol. The zero-order valence-corrected chi connectivity index (χ0v) is 17.5. The Morgan fingerprint density at radius 3 is 2.48 bits per heavy atom. The minimum absolute atomic E-state index is 0.186. The highest BCUT2D eigenvalue weighted by Crippen LogP contribution is 2.34. The quantitative estimate of drug-likeness (QED) is 0.806. The van der Waals surface area contributed by atoms with Gasteiger partial charge in [0.05, 0.1) is 10.0 Å². The predicted molar refractivity (Wildman–Crippen MR) is 111 cm³/mol. The maximum absolute atomic E-state index is 13.1. The Bertz CT molecular complexity index is 686. The van der Waals surface area contributed by atoms with E-state index in [1.807, 2.05) is 25.2 Å². The van der Waals surface area contributed by atoms with Gasteiger partial charge in [0.2, 0.25) is 5.91 Å². The zero-order chi connectivity index (χ0) is 19.0. The Balaban J connectivity index is 1.37. The van der Waals surface area contributed by atoms with Crippen LogP contribution in [-0.2, 0) is 4.79 Å². The molecule has 2 saturated heterocycles. The molecule has 0 aromatic heterocycles. The van der Waals surface area contributed by atoms with E-state index in [-0.39, 0.29) is 17.9 Å². The lowest BCUT2D eigenvalue weighted by atomic mass is 9.94. The number of benzene rings is 1. The Morgan fingerprint density at radius 1 is 1.11 bits per heavy atom. The summed E-state index contributed by atoms with van der Waals surface area (Å²) in [6.45, 7) is 4.91. The lowest BCUT2D eigenvalue weighted by Crippen LogP contribution is -2.43. The molecule has 4 nitrogen and oxygen atoms in total. The predicted octanol–water partition coefficient (Wildman–Crippen LogP) is 3.63. The van der Waals surface area contributed by atoms with Crippen LogP contribution in [0.25, 0.3) is 0 Å². The molecule has 4 rings (SSSR count). The number of hydrogen-bond acceptors (Lipinski definition) is 3. The highest BCUT2D eigenvalue weighted by molar-refractivity contribution is 6.42. The van der Waals surface area contributed by atoms with E-state index in [2.05, 4.69) is 15.1 Å². The van der Waals surface area contributed by atoms with E-state index >= 15 is 0 Å². The number of amides is 1. The minimum atomic E-state index is 0.186. The molecule has 1 amide bonds. The standard InChI is InChI=1S/C21H29Cl2N3O/c1-24-20-13-26(12-17(20)16-4-5-18(22)19(23)10-16)21(27)15-6-8-25(9-7-15)11-14-2-3-14/h4-5,10,14-15,17,20,24H,2-3,6-9,11-13H2,1H3/t17-,20-/m1/s1. The van der Waals surface area contributed by atoms with Crippen molar-refractivity contribution in [3.8, 4) is 0 Å². The van der Waals surface area contributed by atoms with E-state index in [1.54, 1.807) is 0 Å². The van der Waals surface area contributed by atoms with Gasteiger partial charge < -0.3 is 15.1 Å². The molecule has 1 aliphatic carbocycles. The fourth-order valence-corrected chi connectivity index (χ4v) is 4.95. The van der Waals surface area contributed by atoms with Crippen LogP contribution >= 0.6 is 23.2 Å². The average Bonchev–Trinajstić information content (AvgIpc) is 3.39. The van der Waals surface area contributed by atoms with Crippen molar-refractivity contribution in [2.45, 2.75) is 37.6 Å². The molecule has 1 aromatic rings. The summed E-state index contributed by atoms with van der Waals surface area (Å²) in [7, 11) is 1.97. The number of rotatable bonds is 5. The van der Waals surface area contributed by atoms with E-state index in [9.17, 15) is 4.79 Å². The smallest absolute Gasteiger partial charge is 0.225 e. The van der Waals surface area contributed by atoms with Crippen LogP contribution in [-0.4, -0.2) is 61.5 Å². The molecular formula is C21H29Cl2N3O. The summed E-state index contributed by atoms with van der Waals surface area (Å²) in [6.07, 6.45) is 4.80. The summed E-state index contributed by atoms with van der Waals surface area (Å²) in [5.74, 6) is 1.71. The SMILES string of the molecule is CN[C@@H]1CN(C(=O)C2CCN(CC3CC3)CC2)C[C@@H]1c1ccc(Cl)c(Cl)c1. The Kier molecular flexibility index (Phi) is 5.98. The number of nitrogens with zero attached hydrogens (tertiary/aromatic N) is 2. The summed E-state index contributed by atoms with van der Waals surface area (Å²) in [4.78, 5) is 17.8. The van der Waals surface area contributed by atoms with Crippen LogP contribution in [0.3, 0.4) is 0 Å². The fourth-order valence-electron chi connectivity index (χ4n) is 4.64. The molecule has 2 aliphatic heterocycles. The second-order valence-electron chi connectivity index (χ2n) is 8.44. The van der Waals surface area contributed by atoms with Gasteiger partial charge in [-0.15, -0.1) is 0 Å².